The van der Waals surface area contributed by atoms with Gasteiger partial charge in [-0.3, -0.25) is 14.3 Å². The molecule has 0 radical (unpaired) electrons. The van der Waals surface area contributed by atoms with Crippen LogP contribution in [0.2, 0.25) is 5.02 Å². The van der Waals surface area contributed by atoms with Gasteiger partial charge in [0.1, 0.15) is 5.65 Å². The molecule has 1 aromatic carbocycles. The highest BCUT2D eigenvalue weighted by Crippen LogP contribution is 2.36. The number of benzene rings is 1. The monoisotopic (exact) mass is 441 g/mol. The third kappa shape index (κ3) is 3.94. The summed E-state index contributed by atoms with van der Waals surface area (Å²) in [5.41, 5.74) is -1.59. The first-order valence-electron chi connectivity index (χ1n) is 8.86. The first-order chi connectivity index (χ1) is 13.7. The molecule has 0 bridgehead atoms. The lowest BCUT2D eigenvalue weighted by molar-refractivity contribution is -0.136. The number of pyridine rings is 1. The molecule has 10 heteroatoms. The third-order valence-electron chi connectivity index (χ3n) is 4.80. The zero-order valence-electron chi connectivity index (χ0n) is 14.9. The smallest absolute Gasteiger partial charge is 0.376 e. The Balaban J connectivity index is 2.02. The van der Waals surface area contributed by atoms with E-state index >= 15 is 0 Å². The van der Waals surface area contributed by atoms with Crippen molar-refractivity contribution in [1.29, 1.82) is 0 Å². The van der Waals surface area contributed by atoms with Gasteiger partial charge in [-0.05, 0) is 43.3 Å². The molecular formula is C19H15ClF3N3O2S. The molecule has 4 rings (SSSR count). The zero-order valence-corrected chi connectivity index (χ0v) is 16.5. The predicted molar refractivity (Wildman–Crippen MR) is 106 cm³/mol. The van der Waals surface area contributed by atoms with E-state index in [4.69, 9.17) is 28.6 Å². The lowest BCUT2D eigenvalue weighted by atomic mass is 10.1. The Kier molecular flexibility index (Phi) is 5.22. The average molecular weight is 442 g/mol. The van der Waals surface area contributed by atoms with E-state index in [1.54, 1.807) is 24.3 Å². The van der Waals surface area contributed by atoms with E-state index in [0.29, 0.717) is 17.2 Å². The molecule has 0 amide bonds. The fourth-order valence-corrected chi connectivity index (χ4v) is 3.81. The van der Waals surface area contributed by atoms with Crippen molar-refractivity contribution in [3.05, 3.63) is 56.0 Å². The van der Waals surface area contributed by atoms with Gasteiger partial charge in [0.15, 0.2) is 4.77 Å². The molecule has 29 heavy (non-hydrogen) atoms. The fourth-order valence-electron chi connectivity index (χ4n) is 3.43. The fraction of sp³-hybridized carbons (Fsp3) is 0.316. The summed E-state index contributed by atoms with van der Waals surface area (Å²) in [5.74, 6) is 0. The van der Waals surface area contributed by atoms with Crippen LogP contribution in [0.4, 0.5) is 13.2 Å². The van der Waals surface area contributed by atoms with Crippen molar-refractivity contribution < 1.29 is 17.9 Å². The first kappa shape index (κ1) is 20.1. The van der Waals surface area contributed by atoms with Crippen molar-refractivity contribution in [1.82, 2.24) is 14.5 Å². The van der Waals surface area contributed by atoms with Crippen LogP contribution in [0.5, 0.6) is 0 Å². The van der Waals surface area contributed by atoms with Crippen LogP contribution in [0.3, 0.4) is 0 Å². The standard InChI is InChI=1S/C19H15ClF3N3O2S/c20-11-5-3-10(4-6-11)14-8-13(19(21,22)23)15-16(24-14)26(18(29)25-17(15)27)9-12-2-1-7-28-12/h3-6,8,12H,1-2,7,9H2,(H,25,27,29). The van der Waals surface area contributed by atoms with Gasteiger partial charge in [0.2, 0.25) is 0 Å². The van der Waals surface area contributed by atoms with E-state index in [-0.39, 0.29) is 28.8 Å². The molecule has 0 aliphatic carbocycles. The second kappa shape index (κ2) is 7.55. The topological polar surface area (TPSA) is 59.9 Å². The average Bonchev–Trinajstić information content (AvgIpc) is 3.17. The van der Waals surface area contributed by atoms with Gasteiger partial charge in [-0.25, -0.2) is 4.98 Å². The number of fused-ring (bicyclic) bond motifs is 1. The normalized spacial score (nSPS) is 17.2. The minimum absolute atomic E-state index is 0.00637. The Morgan fingerprint density at radius 1 is 1.31 bits per heavy atom. The van der Waals surface area contributed by atoms with Crippen molar-refractivity contribution >= 4 is 34.9 Å². The molecule has 1 aliphatic rings. The van der Waals surface area contributed by atoms with Crippen LogP contribution in [0.25, 0.3) is 22.3 Å². The summed E-state index contributed by atoms with van der Waals surface area (Å²) in [6.45, 7) is 0.789. The summed E-state index contributed by atoms with van der Waals surface area (Å²) in [6, 6.07) is 7.14. The second-order valence-corrected chi connectivity index (χ2v) is 7.59. The molecule has 1 aliphatic heterocycles. The van der Waals surface area contributed by atoms with Gasteiger partial charge in [0, 0.05) is 17.2 Å². The highest BCUT2D eigenvalue weighted by molar-refractivity contribution is 7.71. The van der Waals surface area contributed by atoms with Crippen LogP contribution < -0.4 is 5.56 Å². The lowest BCUT2D eigenvalue weighted by Gasteiger charge is -2.18. The number of rotatable bonds is 3. The number of halogens is 4. The molecule has 1 fully saturated rings. The number of ether oxygens (including phenoxy) is 1. The molecule has 1 saturated heterocycles. The maximum atomic E-state index is 13.8. The first-order valence-corrected chi connectivity index (χ1v) is 9.65. The van der Waals surface area contributed by atoms with E-state index in [9.17, 15) is 18.0 Å². The Morgan fingerprint density at radius 2 is 2.03 bits per heavy atom. The van der Waals surface area contributed by atoms with E-state index < -0.39 is 22.7 Å². The molecule has 1 N–H and O–H groups in total. The van der Waals surface area contributed by atoms with Crippen LogP contribution in [-0.4, -0.2) is 27.2 Å². The molecule has 1 unspecified atom stereocenters. The van der Waals surface area contributed by atoms with Crippen molar-refractivity contribution in [2.45, 2.75) is 31.7 Å². The Bertz CT molecular complexity index is 1180. The molecule has 5 nitrogen and oxygen atoms in total. The Morgan fingerprint density at radius 3 is 2.66 bits per heavy atom. The molecule has 1 atom stereocenters. The highest BCUT2D eigenvalue weighted by atomic mass is 35.5. The van der Waals surface area contributed by atoms with Gasteiger partial charge >= 0.3 is 6.18 Å². The largest absolute Gasteiger partial charge is 0.417 e. The number of H-pyrrole nitrogens is 1. The van der Waals surface area contributed by atoms with Gasteiger partial charge in [0.25, 0.3) is 5.56 Å². The Hall–Kier alpha value is -2.23. The van der Waals surface area contributed by atoms with Gasteiger partial charge in [-0.1, -0.05) is 23.7 Å². The van der Waals surface area contributed by atoms with E-state index in [2.05, 4.69) is 9.97 Å². The highest BCUT2D eigenvalue weighted by Gasteiger charge is 2.35. The van der Waals surface area contributed by atoms with Crippen LogP contribution in [-0.2, 0) is 17.5 Å². The van der Waals surface area contributed by atoms with Crippen LogP contribution in [0.1, 0.15) is 18.4 Å². The quantitative estimate of drug-likeness (QED) is 0.583. The summed E-state index contributed by atoms with van der Waals surface area (Å²) in [7, 11) is 0. The molecule has 2 aromatic heterocycles. The number of aromatic amines is 1. The third-order valence-corrected chi connectivity index (χ3v) is 5.38. The zero-order chi connectivity index (χ0) is 20.8. The number of nitrogens with zero attached hydrogens (tertiary/aromatic N) is 2. The second-order valence-electron chi connectivity index (χ2n) is 6.76. The number of hydrogen-bond donors (Lipinski definition) is 1. The number of hydrogen-bond acceptors (Lipinski definition) is 4. The summed E-state index contributed by atoms with van der Waals surface area (Å²) in [6.07, 6.45) is -3.34. The number of aromatic nitrogens is 3. The Labute approximate surface area is 173 Å². The summed E-state index contributed by atoms with van der Waals surface area (Å²) in [5, 5.41) is -0.0925. The minimum atomic E-state index is -4.75. The van der Waals surface area contributed by atoms with Crippen molar-refractivity contribution in [2.75, 3.05) is 6.61 Å². The maximum absolute atomic E-state index is 13.8. The van der Waals surface area contributed by atoms with E-state index in [0.717, 1.165) is 18.9 Å². The molecular weight excluding hydrogens is 427 g/mol. The number of alkyl halides is 3. The van der Waals surface area contributed by atoms with Crippen molar-refractivity contribution in [3.63, 3.8) is 0 Å². The minimum Gasteiger partial charge on any atom is -0.376 e. The predicted octanol–water partition coefficient (Wildman–Crippen LogP) is 4.97. The van der Waals surface area contributed by atoms with Gasteiger partial charge in [-0.15, -0.1) is 0 Å². The van der Waals surface area contributed by atoms with E-state index in [1.165, 1.54) is 4.57 Å². The van der Waals surface area contributed by atoms with Crippen molar-refractivity contribution in [2.24, 2.45) is 0 Å². The van der Waals surface area contributed by atoms with Crippen LogP contribution in [0.15, 0.2) is 35.1 Å². The van der Waals surface area contributed by atoms with Gasteiger partial charge in [0.05, 0.1) is 29.3 Å². The SMILES string of the molecule is O=c1[nH]c(=S)n(CC2CCCO2)c2nc(-c3ccc(Cl)cc3)cc(C(F)(F)F)c12. The summed E-state index contributed by atoms with van der Waals surface area (Å²) < 4.78 is 48.5. The molecule has 3 aromatic rings. The van der Waals surface area contributed by atoms with Gasteiger partial charge in [-0.2, -0.15) is 13.2 Å². The van der Waals surface area contributed by atoms with Gasteiger partial charge < -0.3 is 4.74 Å². The summed E-state index contributed by atoms with van der Waals surface area (Å²) in [4.78, 5) is 19.2. The molecule has 152 valence electrons. The summed E-state index contributed by atoms with van der Waals surface area (Å²) >= 11 is 11.1. The van der Waals surface area contributed by atoms with Crippen LogP contribution in [0, 0.1) is 4.77 Å². The lowest BCUT2D eigenvalue weighted by Crippen LogP contribution is -2.24. The van der Waals surface area contributed by atoms with Crippen LogP contribution >= 0.6 is 23.8 Å². The molecule has 0 saturated carbocycles. The number of nitrogens with one attached hydrogen (secondary N) is 1. The maximum Gasteiger partial charge on any atom is 0.417 e. The molecule has 3 heterocycles. The van der Waals surface area contributed by atoms with E-state index in [1.807, 2.05) is 0 Å². The van der Waals surface area contributed by atoms with Crippen molar-refractivity contribution in [3.8, 4) is 11.3 Å². The molecule has 0 spiro atoms.